The van der Waals surface area contributed by atoms with Crippen LogP contribution in [0, 0.1) is 0 Å². The molecule has 3 aromatic rings. The molecule has 2 fully saturated rings. The molecule has 2 aromatic carbocycles. The number of anilines is 1. The second-order valence-electron chi connectivity index (χ2n) is 9.61. The molecule has 2 N–H and O–H groups in total. The number of amides is 1. The van der Waals surface area contributed by atoms with Crippen molar-refractivity contribution in [1.29, 1.82) is 0 Å². The number of benzene rings is 2. The van der Waals surface area contributed by atoms with Crippen LogP contribution < -0.4 is 5.32 Å². The molecule has 0 atom stereocenters. The molecule has 6 nitrogen and oxygen atoms in total. The summed E-state index contributed by atoms with van der Waals surface area (Å²) < 4.78 is 41.4. The highest BCUT2D eigenvalue weighted by Crippen LogP contribution is 2.35. The molecule has 0 bridgehead atoms. The minimum Gasteiger partial charge on any atom is -0.393 e. The average molecular weight is 487 g/mol. The number of aromatic nitrogens is 2. The summed E-state index contributed by atoms with van der Waals surface area (Å²) in [5.74, 6) is -0.317. The third-order valence-corrected chi connectivity index (χ3v) is 7.07. The summed E-state index contributed by atoms with van der Waals surface area (Å²) in [6.07, 6.45) is 0.306. The van der Waals surface area contributed by atoms with Crippen LogP contribution in [0.3, 0.4) is 0 Å². The van der Waals surface area contributed by atoms with E-state index in [0.29, 0.717) is 18.8 Å². The van der Waals surface area contributed by atoms with Crippen molar-refractivity contribution in [3.8, 4) is 0 Å². The molecule has 0 spiro atoms. The van der Waals surface area contributed by atoms with Crippen LogP contribution in [0.2, 0.25) is 0 Å². The minimum absolute atomic E-state index is 0.0321. The van der Waals surface area contributed by atoms with Gasteiger partial charge in [0.15, 0.2) is 0 Å². The van der Waals surface area contributed by atoms with Crippen LogP contribution in [-0.2, 0) is 12.7 Å². The molecule has 1 saturated carbocycles. The van der Waals surface area contributed by atoms with Crippen LogP contribution in [-0.4, -0.2) is 44.7 Å². The van der Waals surface area contributed by atoms with Gasteiger partial charge in [0.1, 0.15) is 0 Å². The van der Waals surface area contributed by atoms with E-state index in [-0.39, 0.29) is 17.7 Å². The first kappa shape index (κ1) is 23.8. The molecular formula is C26H29F3N4O2. The van der Waals surface area contributed by atoms with E-state index in [1.54, 1.807) is 0 Å². The van der Waals surface area contributed by atoms with Gasteiger partial charge in [-0.15, -0.1) is 0 Å². The van der Waals surface area contributed by atoms with E-state index in [1.165, 1.54) is 25.0 Å². The second-order valence-corrected chi connectivity index (χ2v) is 9.61. The van der Waals surface area contributed by atoms with E-state index in [0.717, 1.165) is 61.2 Å². The van der Waals surface area contributed by atoms with Crippen LogP contribution in [0.5, 0.6) is 0 Å². The van der Waals surface area contributed by atoms with Crippen LogP contribution in [0.15, 0.2) is 42.5 Å². The first-order valence-electron chi connectivity index (χ1n) is 12.2. The van der Waals surface area contributed by atoms with Gasteiger partial charge in [-0.25, -0.2) is 4.98 Å². The van der Waals surface area contributed by atoms with Gasteiger partial charge in [0, 0.05) is 18.2 Å². The lowest BCUT2D eigenvalue weighted by Gasteiger charge is -2.28. The van der Waals surface area contributed by atoms with Crippen LogP contribution in [0.25, 0.3) is 11.0 Å². The van der Waals surface area contributed by atoms with E-state index in [2.05, 4.69) is 16.3 Å². The molecular weight excluding hydrogens is 457 g/mol. The van der Waals surface area contributed by atoms with Crippen LogP contribution in [0.1, 0.15) is 66.1 Å². The van der Waals surface area contributed by atoms with Crippen molar-refractivity contribution in [3.63, 3.8) is 0 Å². The molecule has 1 aliphatic carbocycles. The van der Waals surface area contributed by atoms with Gasteiger partial charge in [-0.05, 0) is 87.5 Å². The predicted molar refractivity (Wildman–Crippen MR) is 127 cm³/mol. The first-order valence-corrected chi connectivity index (χ1v) is 12.2. The van der Waals surface area contributed by atoms with Crippen molar-refractivity contribution in [2.45, 2.75) is 63.4 Å². The van der Waals surface area contributed by atoms with E-state index < -0.39 is 17.6 Å². The van der Waals surface area contributed by atoms with Gasteiger partial charge in [0.2, 0.25) is 5.95 Å². The summed E-state index contributed by atoms with van der Waals surface area (Å²) in [6, 6.07) is 10.5. The van der Waals surface area contributed by atoms with E-state index in [4.69, 9.17) is 4.98 Å². The van der Waals surface area contributed by atoms with Gasteiger partial charge in [-0.2, -0.15) is 13.2 Å². The van der Waals surface area contributed by atoms with Gasteiger partial charge in [0.05, 0.1) is 22.7 Å². The Morgan fingerprint density at radius 3 is 2.51 bits per heavy atom. The van der Waals surface area contributed by atoms with E-state index >= 15 is 0 Å². The number of nitrogens with zero attached hydrogens (tertiary/aromatic N) is 3. The Labute approximate surface area is 201 Å². The fraction of sp³-hybridized carbons (Fsp3) is 0.462. The molecule has 186 valence electrons. The highest BCUT2D eigenvalue weighted by molar-refractivity contribution is 6.04. The molecule has 0 unspecified atom stereocenters. The maximum Gasteiger partial charge on any atom is 0.416 e. The number of carbonyl (C=O) groups excluding carboxylic acids is 1. The highest BCUT2D eigenvalue weighted by atomic mass is 19.4. The predicted octanol–water partition coefficient (Wildman–Crippen LogP) is 5.38. The molecule has 1 aromatic heterocycles. The van der Waals surface area contributed by atoms with Crippen LogP contribution >= 0.6 is 0 Å². The zero-order chi connectivity index (χ0) is 24.6. The Hall–Kier alpha value is -2.91. The zero-order valence-corrected chi connectivity index (χ0v) is 19.4. The van der Waals surface area contributed by atoms with Crippen molar-refractivity contribution in [2.24, 2.45) is 0 Å². The maximum absolute atomic E-state index is 13.1. The van der Waals surface area contributed by atoms with Gasteiger partial charge >= 0.3 is 6.18 Å². The van der Waals surface area contributed by atoms with Crippen molar-refractivity contribution in [2.75, 3.05) is 18.4 Å². The normalized spacial score (nSPS) is 21.5. The minimum atomic E-state index is -4.53. The molecule has 5 rings (SSSR count). The third-order valence-electron chi connectivity index (χ3n) is 7.07. The summed E-state index contributed by atoms with van der Waals surface area (Å²) in [4.78, 5) is 20.1. The summed E-state index contributed by atoms with van der Waals surface area (Å²) >= 11 is 0. The number of fused-ring (bicyclic) bond motifs is 1. The Kier molecular flexibility index (Phi) is 6.55. The summed E-state index contributed by atoms with van der Waals surface area (Å²) in [5.41, 5.74) is 1.81. The van der Waals surface area contributed by atoms with E-state index in [9.17, 15) is 23.1 Å². The monoisotopic (exact) mass is 486 g/mol. The number of carbonyl (C=O) groups is 1. The Morgan fingerprint density at radius 2 is 1.80 bits per heavy atom. The number of rotatable bonds is 5. The smallest absolute Gasteiger partial charge is 0.393 e. The van der Waals surface area contributed by atoms with Crippen molar-refractivity contribution in [1.82, 2.24) is 14.5 Å². The van der Waals surface area contributed by atoms with Crippen molar-refractivity contribution < 1.29 is 23.1 Å². The Morgan fingerprint density at radius 1 is 1.06 bits per heavy atom. The molecule has 0 radical (unpaired) electrons. The number of imidazole rings is 1. The Bertz CT molecular complexity index is 1210. The third kappa shape index (κ3) is 5.21. The number of aliphatic hydroxyl groups is 1. The highest BCUT2D eigenvalue weighted by Gasteiger charge is 2.31. The average Bonchev–Trinajstić information content (AvgIpc) is 3.46. The quantitative estimate of drug-likeness (QED) is 0.508. The van der Waals surface area contributed by atoms with Crippen molar-refractivity contribution >= 4 is 22.9 Å². The lowest BCUT2D eigenvalue weighted by molar-refractivity contribution is -0.137. The molecule has 1 aliphatic heterocycles. The number of nitrogens with one attached hydrogen (secondary N) is 1. The maximum atomic E-state index is 13.1. The van der Waals surface area contributed by atoms with Gasteiger partial charge < -0.3 is 9.67 Å². The fourth-order valence-corrected chi connectivity index (χ4v) is 5.23. The topological polar surface area (TPSA) is 70.4 Å². The number of likely N-dealkylation sites (tertiary alicyclic amines) is 1. The number of hydrogen-bond acceptors (Lipinski definition) is 4. The standard InChI is InChI=1S/C26H29F3N4O2/c27-26(28,29)19-5-3-4-18(15-19)24(35)31-25-30-22-14-17(16-32-12-1-2-13-32)6-11-23(22)33(25)20-7-9-21(34)10-8-20/h3-6,11,14-15,20-21,34H,1-2,7-10,12-13,16H2,(H,30,31,35). The second kappa shape index (κ2) is 9.62. The van der Waals surface area contributed by atoms with E-state index in [1.807, 2.05) is 16.7 Å². The molecule has 1 saturated heterocycles. The molecule has 35 heavy (non-hydrogen) atoms. The lowest BCUT2D eigenvalue weighted by Crippen LogP contribution is -2.24. The summed E-state index contributed by atoms with van der Waals surface area (Å²) in [5, 5.41) is 12.7. The van der Waals surface area contributed by atoms with Gasteiger partial charge in [-0.3, -0.25) is 15.0 Å². The fourth-order valence-electron chi connectivity index (χ4n) is 5.23. The lowest BCUT2D eigenvalue weighted by atomic mass is 9.93. The van der Waals surface area contributed by atoms with Crippen LogP contribution in [0.4, 0.5) is 19.1 Å². The van der Waals surface area contributed by atoms with Gasteiger partial charge in [-0.1, -0.05) is 12.1 Å². The summed E-state index contributed by atoms with van der Waals surface area (Å²) in [7, 11) is 0. The zero-order valence-electron chi connectivity index (χ0n) is 19.4. The first-order chi connectivity index (χ1) is 16.8. The molecule has 2 aliphatic rings. The molecule has 1 amide bonds. The number of aliphatic hydroxyl groups excluding tert-OH is 1. The number of halogens is 3. The SMILES string of the molecule is O=C(Nc1nc2cc(CN3CCCC3)ccc2n1C1CCC(O)CC1)c1cccc(C(F)(F)F)c1. The summed E-state index contributed by atoms with van der Waals surface area (Å²) in [6.45, 7) is 2.99. The number of alkyl halides is 3. The number of hydrogen-bond donors (Lipinski definition) is 2. The Balaban J connectivity index is 1.47. The van der Waals surface area contributed by atoms with Crippen molar-refractivity contribution in [3.05, 3.63) is 59.2 Å². The largest absolute Gasteiger partial charge is 0.416 e. The molecule has 2 heterocycles. The van der Waals surface area contributed by atoms with Gasteiger partial charge in [0.25, 0.3) is 5.91 Å². The molecule has 9 heteroatoms.